The molecule has 1 saturated heterocycles. The molecule has 0 aliphatic carbocycles. The summed E-state index contributed by atoms with van der Waals surface area (Å²) in [6.07, 6.45) is 3.85. The molecule has 6 nitrogen and oxygen atoms in total. The lowest BCUT2D eigenvalue weighted by Gasteiger charge is -2.32. The molecule has 1 unspecified atom stereocenters. The predicted octanol–water partition coefficient (Wildman–Crippen LogP) is 2.12. The highest BCUT2D eigenvalue weighted by molar-refractivity contribution is 6.30. The predicted molar refractivity (Wildman–Crippen MR) is 90.6 cm³/mol. The fourth-order valence-corrected chi connectivity index (χ4v) is 3.13. The summed E-state index contributed by atoms with van der Waals surface area (Å²) in [7, 11) is 0. The molecule has 2 heterocycles. The molecule has 0 amide bonds. The highest BCUT2D eigenvalue weighted by Crippen LogP contribution is 2.31. The summed E-state index contributed by atoms with van der Waals surface area (Å²) in [6.45, 7) is 4.63. The maximum absolute atomic E-state index is 10.0. The van der Waals surface area contributed by atoms with Crippen molar-refractivity contribution in [3.63, 3.8) is 0 Å². The maximum Gasteiger partial charge on any atom is 0.137 e. The van der Waals surface area contributed by atoms with Crippen LogP contribution in [-0.4, -0.2) is 52.5 Å². The molecule has 1 atom stereocenters. The Morgan fingerprint density at radius 1 is 1.25 bits per heavy atom. The Morgan fingerprint density at radius 2 is 2.00 bits per heavy atom. The number of ether oxygens (including phenoxy) is 1. The van der Waals surface area contributed by atoms with E-state index in [0.29, 0.717) is 18.0 Å². The fraction of sp³-hybridized carbons (Fsp3) is 0.471. The van der Waals surface area contributed by atoms with Gasteiger partial charge >= 0.3 is 0 Å². The van der Waals surface area contributed by atoms with Crippen molar-refractivity contribution in [2.24, 2.45) is 0 Å². The van der Waals surface area contributed by atoms with Crippen molar-refractivity contribution in [1.29, 1.82) is 5.26 Å². The van der Waals surface area contributed by atoms with Crippen LogP contribution in [0.25, 0.3) is 0 Å². The summed E-state index contributed by atoms with van der Waals surface area (Å²) >= 11 is 6.01. The van der Waals surface area contributed by atoms with Crippen LogP contribution in [0, 0.1) is 11.3 Å². The van der Waals surface area contributed by atoms with Gasteiger partial charge in [-0.15, -0.1) is 0 Å². The number of benzene rings is 1. The zero-order valence-corrected chi connectivity index (χ0v) is 14.2. The third kappa shape index (κ3) is 3.93. The molecule has 0 saturated carbocycles. The molecule has 7 heteroatoms. The summed E-state index contributed by atoms with van der Waals surface area (Å²) in [5.41, 5.74) is 0.287. The minimum absolute atomic E-state index is 0.468. The van der Waals surface area contributed by atoms with Crippen LogP contribution in [0.5, 0.6) is 0 Å². The first kappa shape index (κ1) is 16.9. The third-order valence-electron chi connectivity index (χ3n) is 4.47. The van der Waals surface area contributed by atoms with E-state index in [1.807, 2.05) is 24.3 Å². The Morgan fingerprint density at radius 3 is 2.62 bits per heavy atom. The van der Waals surface area contributed by atoms with Gasteiger partial charge in [-0.1, -0.05) is 23.7 Å². The molecule has 1 aromatic heterocycles. The van der Waals surface area contributed by atoms with Gasteiger partial charge in [0.2, 0.25) is 0 Å². The highest BCUT2D eigenvalue weighted by Gasteiger charge is 2.34. The van der Waals surface area contributed by atoms with Crippen LogP contribution in [0.2, 0.25) is 5.02 Å². The second-order valence-corrected chi connectivity index (χ2v) is 6.43. The van der Waals surface area contributed by atoms with Gasteiger partial charge in [-0.3, -0.25) is 9.58 Å². The number of rotatable bonds is 6. The van der Waals surface area contributed by atoms with E-state index in [-0.39, 0.29) is 0 Å². The van der Waals surface area contributed by atoms with Crippen LogP contribution in [0.15, 0.2) is 36.9 Å². The van der Waals surface area contributed by atoms with Gasteiger partial charge in [0.25, 0.3) is 0 Å². The van der Waals surface area contributed by atoms with E-state index >= 15 is 0 Å². The molecule has 1 aliphatic rings. The minimum atomic E-state index is -0.670. The number of nitrogens with zero attached hydrogens (tertiary/aromatic N) is 5. The molecule has 1 aromatic carbocycles. The molecule has 0 bridgehead atoms. The van der Waals surface area contributed by atoms with Gasteiger partial charge in [0.05, 0.1) is 25.8 Å². The van der Waals surface area contributed by atoms with Gasteiger partial charge in [0, 0.05) is 24.7 Å². The fourth-order valence-electron chi connectivity index (χ4n) is 3.00. The quantitative estimate of drug-likeness (QED) is 0.802. The molecule has 1 fully saturated rings. The Labute approximate surface area is 146 Å². The second kappa shape index (κ2) is 7.75. The normalized spacial score (nSPS) is 18.0. The first-order chi connectivity index (χ1) is 11.7. The molecule has 0 spiro atoms. The van der Waals surface area contributed by atoms with Crippen molar-refractivity contribution in [2.75, 3.05) is 32.8 Å². The number of hydrogen-bond acceptors (Lipinski definition) is 5. The van der Waals surface area contributed by atoms with E-state index in [4.69, 9.17) is 16.3 Å². The number of hydrogen-bond donors (Lipinski definition) is 0. The molecular formula is C17H20ClN5O. The SMILES string of the molecule is N#CC(CCN1CCOCC1)(Cn1cncn1)c1ccc(Cl)cc1. The first-order valence-corrected chi connectivity index (χ1v) is 8.39. The lowest BCUT2D eigenvalue weighted by Crippen LogP contribution is -2.41. The average molecular weight is 346 g/mol. The number of morpholine rings is 1. The van der Waals surface area contributed by atoms with E-state index in [2.05, 4.69) is 21.1 Å². The third-order valence-corrected chi connectivity index (χ3v) is 4.72. The Balaban J connectivity index is 1.83. The van der Waals surface area contributed by atoms with Gasteiger partial charge in [0.1, 0.15) is 18.1 Å². The first-order valence-electron chi connectivity index (χ1n) is 8.02. The van der Waals surface area contributed by atoms with Crippen LogP contribution < -0.4 is 0 Å². The van der Waals surface area contributed by atoms with E-state index in [1.165, 1.54) is 6.33 Å². The highest BCUT2D eigenvalue weighted by atomic mass is 35.5. The Kier molecular flexibility index (Phi) is 5.46. The zero-order chi connectivity index (χ0) is 16.8. The van der Waals surface area contributed by atoms with Crippen LogP contribution >= 0.6 is 11.6 Å². The summed E-state index contributed by atoms with van der Waals surface area (Å²) in [5.74, 6) is 0. The van der Waals surface area contributed by atoms with Crippen molar-refractivity contribution in [3.8, 4) is 6.07 Å². The molecule has 1 aliphatic heterocycles. The smallest absolute Gasteiger partial charge is 0.137 e. The Hall–Kier alpha value is -1.94. The van der Waals surface area contributed by atoms with Crippen molar-refractivity contribution >= 4 is 11.6 Å². The largest absolute Gasteiger partial charge is 0.379 e. The molecule has 0 N–H and O–H groups in total. The van der Waals surface area contributed by atoms with Gasteiger partial charge in [0.15, 0.2) is 0 Å². The molecule has 126 valence electrons. The van der Waals surface area contributed by atoms with Crippen molar-refractivity contribution < 1.29 is 4.74 Å². The zero-order valence-electron chi connectivity index (χ0n) is 13.4. The summed E-state index contributed by atoms with van der Waals surface area (Å²) in [6, 6.07) is 10.1. The second-order valence-electron chi connectivity index (χ2n) is 6.00. The van der Waals surface area contributed by atoms with E-state index in [1.54, 1.807) is 11.0 Å². The molecular weight excluding hydrogens is 326 g/mol. The minimum Gasteiger partial charge on any atom is -0.379 e. The van der Waals surface area contributed by atoms with E-state index in [0.717, 1.165) is 38.4 Å². The lowest BCUT2D eigenvalue weighted by molar-refractivity contribution is 0.0350. The van der Waals surface area contributed by atoms with Crippen molar-refractivity contribution in [3.05, 3.63) is 47.5 Å². The Bertz CT molecular complexity index is 676. The van der Waals surface area contributed by atoms with Crippen LogP contribution in [0.1, 0.15) is 12.0 Å². The number of halogens is 1. The molecule has 24 heavy (non-hydrogen) atoms. The van der Waals surface area contributed by atoms with Gasteiger partial charge in [-0.25, -0.2) is 4.98 Å². The number of aromatic nitrogens is 3. The maximum atomic E-state index is 10.0. The molecule has 0 radical (unpaired) electrons. The summed E-state index contributed by atoms with van der Waals surface area (Å²) < 4.78 is 7.12. The van der Waals surface area contributed by atoms with Gasteiger partial charge < -0.3 is 4.74 Å². The summed E-state index contributed by atoms with van der Waals surface area (Å²) in [4.78, 5) is 6.33. The van der Waals surface area contributed by atoms with Crippen molar-refractivity contribution in [1.82, 2.24) is 19.7 Å². The molecule has 2 aromatic rings. The van der Waals surface area contributed by atoms with Gasteiger partial charge in [-0.2, -0.15) is 10.4 Å². The monoisotopic (exact) mass is 345 g/mol. The average Bonchev–Trinajstić information content (AvgIpc) is 3.13. The van der Waals surface area contributed by atoms with E-state index in [9.17, 15) is 5.26 Å². The van der Waals surface area contributed by atoms with E-state index < -0.39 is 5.41 Å². The van der Waals surface area contributed by atoms with Gasteiger partial charge in [-0.05, 0) is 24.1 Å². The lowest BCUT2D eigenvalue weighted by atomic mass is 9.78. The topological polar surface area (TPSA) is 67.0 Å². The standard InChI is InChI=1S/C17H20ClN5O/c18-16-3-1-15(2-4-16)17(11-19,12-23-14-20-13-21-23)5-6-22-7-9-24-10-8-22/h1-4,13-14H,5-10,12H2. The number of nitriles is 1. The van der Waals surface area contributed by atoms with Crippen LogP contribution in [0.4, 0.5) is 0 Å². The van der Waals surface area contributed by atoms with Crippen LogP contribution in [0.3, 0.4) is 0 Å². The van der Waals surface area contributed by atoms with Crippen molar-refractivity contribution in [2.45, 2.75) is 18.4 Å². The molecule has 3 rings (SSSR count). The van der Waals surface area contributed by atoms with Crippen LogP contribution in [-0.2, 0) is 16.7 Å². The summed E-state index contributed by atoms with van der Waals surface area (Å²) in [5, 5.41) is 14.9.